The average Bonchev–Trinajstić information content (AvgIpc) is 3.34. The molecule has 0 radical (unpaired) electrons. The van der Waals surface area contributed by atoms with E-state index in [1.165, 1.54) is 11.8 Å². The highest BCUT2D eigenvalue weighted by Crippen LogP contribution is 2.41. The van der Waals surface area contributed by atoms with Gasteiger partial charge in [-0.25, -0.2) is 9.98 Å². The fraction of sp³-hybridized carbons (Fsp3) is 0.235. The zero-order valence-corrected chi connectivity index (χ0v) is 24.1. The van der Waals surface area contributed by atoms with E-state index in [9.17, 15) is 0 Å². The molecule has 0 aliphatic carbocycles. The maximum atomic E-state index is 9.08. The van der Waals surface area contributed by atoms with Gasteiger partial charge in [0.15, 0.2) is 0 Å². The molecule has 4 aromatic carbocycles. The summed E-state index contributed by atoms with van der Waals surface area (Å²) in [6.07, 6.45) is 0. The largest absolute Gasteiger partial charge is 0.475 e. The van der Waals surface area contributed by atoms with Crippen LogP contribution in [0.2, 0.25) is 0 Å². The van der Waals surface area contributed by atoms with E-state index < -0.39 is 32.5 Å². The summed E-state index contributed by atoms with van der Waals surface area (Å²) in [7, 11) is 0. The highest BCUT2D eigenvalue weighted by molar-refractivity contribution is 7.99. The first-order valence-corrected chi connectivity index (χ1v) is 15.2. The number of amidine groups is 1. The lowest BCUT2D eigenvalue weighted by Crippen LogP contribution is -2.49. The highest BCUT2D eigenvalue weighted by atomic mass is 32.2. The van der Waals surface area contributed by atoms with E-state index in [0.29, 0.717) is 31.8 Å². The lowest BCUT2D eigenvalue weighted by atomic mass is 10.1. The van der Waals surface area contributed by atoms with Crippen LogP contribution in [0.15, 0.2) is 127 Å². The van der Waals surface area contributed by atoms with E-state index in [1.807, 2.05) is 60.7 Å². The smallest absolute Gasteiger partial charge is 0.222 e. The number of para-hydroxylation sites is 2. The number of rotatable bonds is 6. The molecule has 3 heterocycles. The molecule has 7 rings (SSSR count). The van der Waals surface area contributed by atoms with Crippen LogP contribution in [0.5, 0.6) is 0 Å². The van der Waals surface area contributed by atoms with Crippen LogP contribution in [-0.4, -0.2) is 73.9 Å². The molecule has 0 aromatic heterocycles. The minimum absolute atomic E-state index is 0.0480. The van der Waals surface area contributed by atoms with Crippen molar-refractivity contribution in [1.82, 2.24) is 9.80 Å². The Bertz CT molecular complexity index is 1970. The van der Waals surface area contributed by atoms with Crippen LogP contribution >= 0.6 is 23.5 Å². The molecule has 8 heteroatoms. The predicted molar refractivity (Wildman–Crippen MR) is 171 cm³/mol. The summed E-state index contributed by atoms with van der Waals surface area (Å²) in [5.41, 5.74) is 2.42. The first-order chi connectivity index (χ1) is 23.8. The third-order valence-corrected chi connectivity index (χ3v) is 8.88. The average molecular weight is 601 g/mol. The fourth-order valence-electron chi connectivity index (χ4n) is 4.56. The normalized spacial score (nSPS) is 23.8. The van der Waals surface area contributed by atoms with Gasteiger partial charge in [0.05, 0.1) is 35.6 Å². The molecule has 0 bridgehead atoms. The second kappa shape index (κ2) is 12.8. The van der Waals surface area contributed by atoms with Crippen LogP contribution in [0.3, 0.4) is 0 Å². The maximum Gasteiger partial charge on any atom is 0.222 e. The topological polar surface area (TPSA) is 49.7 Å². The SMILES string of the molecule is [2H]C1([2H])N(CCOCCOC2=Nc3ccccc3Sc3ccccc32)C([2H])([2H])C([2H])([2H])N(C2=Nc3ccccc3Sc3ccccc32)C1([2H])[2H]. The molecular weight excluding hydrogens is 561 g/mol. The molecule has 3 aliphatic heterocycles. The molecule has 3 aliphatic rings. The first-order valence-electron chi connectivity index (χ1n) is 17.5. The molecule has 0 amide bonds. The summed E-state index contributed by atoms with van der Waals surface area (Å²) in [4.78, 5) is 13.9. The summed E-state index contributed by atoms with van der Waals surface area (Å²) in [6, 6.07) is 29.6. The molecule has 0 unspecified atom stereocenters. The van der Waals surface area contributed by atoms with Crippen LogP contribution in [-0.2, 0) is 9.47 Å². The van der Waals surface area contributed by atoms with Gasteiger partial charge in [0.2, 0.25) is 5.90 Å². The fourth-order valence-corrected chi connectivity index (χ4v) is 6.59. The first kappa shape index (κ1) is 19.6. The summed E-state index contributed by atoms with van der Waals surface area (Å²) in [6.45, 7) is -12.7. The van der Waals surface area contributed by atoms with Crippen molar-refractivity contribution in [1.29, 1.82) is 0 Å². The second-order valence-electron chi connectivity index (χ2n) is 9.38. The number of aliphatic imine (C=N–C) groups is 2. The van der Waals surface area contributed by atoms with Gasteiger partial charge < -0.3 is 14.4 Å². The van der Waals surface area contributed by atoms with Crippen molar-refractivity contribution in [2.75, 3.05) is 52.4 Å². The molecule has 0 N–H and O–H groups in total. The van der Waals surface area contributed by atoms with Crippen LogP contribution in [0.1, 0.15) is 22.1 Å². The Kier molecular flexibility index (Phi) is 5.95. The van der Waals surface area contributed by atoms with Gasteiger partial charge in [0, 0.05) is 63.2 Å². The second-order valence-corrected chi connectivity index (χ2v) is 11.5. The van der Waals surface area contributed by atoms with Crippen molar-refractivity contribution in [2.45, 2.75) is 19.6 Å². The van der Waals surface area contributed by atoms with Crippen LogP contribution < -0.4 is 0 Å². The highest BCUT2D eigenvalue weighted by Gasteiger charge is 2.25. The molecule has 42 heavy (non-hydrogen) atoms. The molecule has 212 valence electrons. The quantitative estimate of drug-likeness (QED) is 0.220. The summed E-state index contributed by atoms with van der Waals surface area (Å²) in [5.74, 6) is 0.230. The van der Waals surface area contributed by atoms with Crippen molar-refractivity contribution in [2.24, 2.45) is 9.98 Å². The lowest BCUT2D eigenvalue weighted by Gasteiger charge is -2.36. The number of ether oxygens (including phenoxy) is 2. The zero-order valence-electron chi connectivity index (χ0n) is 30.5. The van der Waals surface area contributed by atoms with E-state index in [2.05, 4.69) is 4.99 Å². The molecule has 0 atom stereocenters. The number of hydrogen-bond acceptors (Lipinski definition) is 8. The third kappa shape index (κ3) is 5.99. The Balaban J connectivity index is 1.09. The van der Waals surface area contributed by atoms with Gasteiger partial charge in [0.25, 0.3) is 0 Å². The van der Waals surface area contributed by atoms with E-state index >= 15 is 0 Å². The number of hydrogen-bond donors (Lipinski definition) is 0. The third-order valence-electron chi connectivity index (χ3n) is 6.60. The zero-order chi connectivity index (χ0) is 35.3. The number of fused-ring (bicyclic) bond motifs is 4. The number of nitrogens with zero attached hydrogens (tertiary/aromatic N) is 4. The Morgan fingerprint density at radius 2 is 1.19 bits per heavy atom. The van der Waals surface area contributed by atoms with E-state index in [-0.39, 0.29) is 25.7 Å². The standard InChI is InChI=1S/C34H32N4O2S2/c1-5-13-29-25(9-1)33(35-27-11-3-7-15-31(27)41-29)38-19-17-37(18-20-38)21-22-39-23-24-40-34-26-10-2-6-14-30(26)42-32-16-8-4-12-28(32)36-34/h1-16H,17-24H2/i17D2,18D2,19D2,20D2. The molecule has 6 nitrogen and oxygen atoms in total. The summed E-state index contributed by atoms with van der Waals surface area (Å²) in [5, 5.41) is 0. The van der Waals surface area contributed by atoms with E-state index in [0.717, 1.165) is 25.9 Å². The predicted octanol–water partition coefficient (Wildman–Crippen LogP) is 7.12. The van der Waals surface area contributed by atoms with E-state index in [4.69, 9.17) is 25.4 Å². The van der Waals surface area contributed by atoms with Gasteiger partial charge in [-0.05, 0) is 42.5 Å². The maximum absolute atomic E-state index is 9.08. The van der Waals surface area contributed by atoms with Crippen molar-refractivity contribution < 1.29 is 20.4 Å². The Labute approximate surface area is 266 Å². The van der Waals surface area contributed by atoms with Gasteiger partial charge in [-0.1, -0.05) is 78.1 Å². The minimum atomic E-state index is -3.08. The van der Waals surface area contributed by atoms with Gasteiger partial charge in [-0.2, -0.15) is 0 Å². The molecule has 1 fully saturated rings. The molecule has 4 aromatic rings. The Morgan fingerprint density at radius 1 is 0.619 bits per heavy atom. The summed E-state index contributed by atoms with van der Waals surface area (Å²) >= 11 is 2.97. The van der Waals surface area contributed by atoms with Gasteiger partial charge in [-0.3, -0.25) is 4.90 Å². The van der Waals surface area contributed by atoms with Crippen molar-refractivity contribution in [3.05, 3.63) is 108 Å². The van der Waals surface area contributed by atoms with E-state index in [1.54, 1.807) is 48.2 Å². The van der Waals surface area contributed by atoms with Gasteiger partial charge >= 0.3 is 0 Å². The van der Waals surface area contributed by atoms with Gasteiger partial charge in [-0.15, -0.1) is 0 Å². The van der Waals surface area contributed by atoms with Crippen LogP contribution in [0.4, 0.5) is 11.4 Å². The van der Waals surface area contributed by atoms with Crippen molar-refractivity contribution >= 4 is 46.6 Å². The summed E-state index contributed by atoms with van der Waals surface area (Å²) < 4.78 is 83.9. The molecule has 1 saturated heterocycles. The van der Waals surface area contributed by atoms with Gasteiger partial charge in [0.1, 0.15) is 12.4 Å². The monoisotopic (exact) mass is 600 g/mol. The molecular formula is C34H32N4O2S2. The van der Waals surface area contributed by atoms with Crippen LogP contribution in [0.25, 0.3) is 0 Å². The minimum Gasteiger partial charge on any atom is -0.475 e. The number of benzene rings is 4. The Hall–Kier alpha value is -3.56. The van der Waals surface area contributed by atoms with Crippen molar-refractivity contribution in [3.63, 3.8) is 0 Å². The number of piperazine rings is 1. The lowest BCUT2D eigenvalue weighted by molar-refractivity contribution is 0.0681. The van der Waals surface area contributed by atoms with Crippen molar-refractivity contribution in [3.8, 4) is 0 Å². The molecule has 0 saturated carbocycles. The van der Waals surface area contributed by atoms with Crippen LogP contribution in [0, 0.1) is 0 Å². The molecule has 0 spiro atoms. The Morgan fingerprint density at radius 3 is 1.90 bits per heavy atom.